The third-order valence-electron chi connectivity index (χ3n) is 3.90. The van der Waals surface area contributed by atoms with E-state index in [1.807, 2.05) is 19.1 Å². The standard InChI is InChI=1S/C16H25NO/c1-13(17)15-8-5-9-16(12-15)18-11-10-14-6-3-2-4-7-14/h5,8-9,12-14H,2-4,6-7,10-11,17H2,1H3/t13-/m1/s1. The van der Waals surface area contributed by atoms with Crippen LogP contribution in [0, 0.1) is 5.92 Å². The molecule has 2 rings (SSSR count). The molecule has 0 aromatic heterocycles. The number of hydrogen-bond acceptors (Lipinski definition) is 2. The van der Waals surface area contributed by atoms with Gasteiger partial charge in [-0.25, -0.2) is 0 Å². The number of hydrogen-bond donors (Lipinski definition) is 1. The van der Waals surface area contributed by atoms with Crippen molar-refractivity contribution < 1.29 is 4.74 Å². The van der Waals surface area contributed by atoms with Crippen LogP contribution in [0.15, 0.2) is 24.3 Å². The minimum atomic E-state index is 0.0758. The van der Waals surface area contributed by atoms with Gasteiger partial charge in [-0.05, 0) is 37.0 Å². The van der Waals surface area contributed by atoms with Crippen molar-refractivity contribution in [3.63, 3.8) is 0 Å². The molecular formula is C16H25NO. The number of ether oxygens (including phenoxy) is 1. The van der Waals surface area contributed by atoms with E-state index in [1.54, 1.807) is 0 Å². The summed E-state index contributed by atoms with van der Waals surface area (Å²) in [5.41, 5.74) is 7.02. The van der Waals surface area contributed by atoms with E-state index in [1.165, 1.54) is 38.5 Å². The molecule has 18 heavy (non-hydrogen) atoms. The summed E-state index contributed by atoms with van der Waals surface area (Å²) in [5, 5.41) is 0. The highest BCUT2D eigenvalue weighted by atomic mass is 16.5. The van der Waals surface area contributed by atoms with Crippen LogP contribution in [-0.2, 0) is 0 Å². The molecule has 2 heteroatoms. The Kier molecular flexibility index (Phi) is 5.06. The van der Waals surface area contributed by atoms with Crippen molar-refractivity contribution >= 4 is 0 Å². The van der Waals surface area contributed by atoms with Gasteiger partial charge in [0.05, 0.1) is 6.61 Å². The van der Waals surface area contributed by atoms with Crippen LogP contribution in [0.5, 0.6) is 5.75 Å². The Hall–Kier alpha value is -1.02. The third-order valence-corrected chi connectivity index (χ3v) is 3.90. The van der Waals surface area contributed by atoms with E-state index in [4.69, 9.17) is 10.5 Å². The van der Waals surface area contributed by atoms with Crippen molar-refractivity contribution in [2.75, 3.05) is 6.61 Å². The lowest BCUT2D eigenvalue weighted by Gasteiger charge is -2.21. The molecule has 0 heterocycles. The maximum absolute atomic E-state index is 5.87. The lowest BCUT2D eigenvalue weighted by molar-refractivity contribution is 0.246. The van der Waals surface area contributed by atoms with Gasteiger partial charge in [-0.1, -0.05) is 44.2 Å². The maximum atomic E-state index is 5.87. The Balaban J connectivity index is 1.77. The molecule has 0 bridgehead atoms. The number of benzene rings is 1. The average Bonchev–Trinajstić information content (AvgIpc) is 2.40. The van der Waals surface area contributed by atoms with Gasteiger partial charge in [0.2, 0.25) is 0 Å². The summed E-state index contributed by atoms with van der Waals surface area (Å²) in [5.74, 6) is 1.84. The van der Waals surface area contributed by atoms with E-state index in [2.05, 4.69) is 12.1 Å². The molecule has 1 aliphatic rings. The van der Waals surface area contributed by atoms with Gasteiger partial charge in [0, 0.05) is 6.04 Å². The minimum Gasteiger partial charge on any atom is -0.494 e. The van der Waals surface area contributed by atoms with Gasteiger partial charge in [-0.2, -0.15) is 0 Å². The molecule has 0 amide bonds. The van der Waals surface area contributed by atoms with Crippen LogP contribution in [0.3, 0.4) is 0 Å². The molecule has 1 aromatic carbocycles. The van der Waals surface area contributed by atoms with Gasteiger partial charge in [0.1, 0.15) is 5.75 Å². The third kappa shape index (κ3) is 4.02. The molecular weight excluding hydrogens is 222 g/mol. The van der Waals surface area contributed by atoms with Crippen molar-refractivity contribution in [3.05, 3.63) is 29.8 Å². The minimum absolute atomic E-state index is 0.0758. The van der Waals surface area contributed by atoms with Gasteiger partial charge >= 0.3 is 0 Å². The van der Waals surface area contributed by atoms with Crippen LogP contribution in [0.1, 0.15) is 57.1 Å². The molecule has 2 N–H and O–H groups in total. The largest absolute Gasteiger partial charge is 0.494 e. The van der Waals surface area contributed by atoms with E-state index >= 15 is 0 Å². The summed E-state index contributed by atoms with van der Waals surface area (Å²) in [6.07, 6.45) is 8.22. The first-order valence-electron chi connectivity index (χ1n) is 7.24. The van der Waals surface area contributed by atoms with E-state index < -0.39 is 0 Å². The quantitative estimate of drug-likeness (QED) is 0.851. The van der Waals surface area contributed by atoms with Crippen LogP contribution in [0.4, 0.5) is 0 Å². The fraction of sp³-hybridized carbons (Fsp3) is 0.625. The highest BCUT2D eigenvalue weighted by Crippen LogP contribution is 2.26. The average molecular weight is 247 g/mol. The zero-order valence-corrected chi connectivity index (χ0v) is 11.4. The van der Waals surface area contributed by atoms with Crippen LogP contribution in [-0.4, -0.2) is 6.61 Å². The highest BCUT2D eigenvalue weighted by molar-refractivity contribution is 5.30. The topological polar surface area (TPSA) is 35.2 Å². The molecule has 1 fully saturated rings. The lowest BCUT2D eigenvalue weighted by atomic mass is 9.87. The monoisotopic (exact) mass is 247 g/mol. The molecule has 2 nitrogen and oxygen atoms in total. The molecule has 1 aliphatic carbocycles. The highest BCUT2D eigenvalue weighted by Gasteiger charge is 2.13. The van der Waals surface area contributed by atoms with Crippen LogP contribution >= 0.6 is 0 Å². The summed E-state index contributed by atoms with van der Waals surface area (Å²) in [4.78, 5) is 0. The van der Waals surface area contributed by atoms with Crippen molar-refractivity contribution in [3.8, 4) is 5.75 Å². The molecule has 0 unspecified atom stereocenters. The Morgan fingerprint density at radius 3 is 2.78 bits per heavy atom. The van der Waals surface area contributed by atoms with E-state index in [-0.39, 0.29) is 6.04 Å². The van der Waals surface area contributed by atoms with Crippen LogP contribution < -0.4 is 10.5 Å². The first-order valence-corrected chi connectivity index (χ1v) is 7.24. The predicted molar refractivity (Wildman–Crippen MR) is 75.7 cm³/mol. The second-order valence-corrected chi connectivity index (χ2v) is 5.50. The van der Waals surface area contributed by atoms with Crippen LogP contribution in [0.25, 0.3) is 0 Å². The Morgan fingerprint density at radius 2 is 2.06 bits per heavy atom. The van der Waals surface area contributed by atoms with E-state index in [0.717, 1.165) is 23.8 Å². The molecule has 1 atom stereocenters. The summed E-state index contributed by atoms with van der Waals surface area (Å²) < 4.78 is 5.84. The SMILES string of the molecule is C[C@@H](N)c1cccc(OCCC2CCCCC2)c1. The van der Waals surface area contributed by atoms with Crippen molar-refractivity contribution in [2.24, 2.45) is 11.7 Å². The molecule has 1 aromatic rings. The number of rotatable bonds is 5. The van der Waals surface area contributed by atoms with Gasteiger partial charge in [0.25, 0.3) is 0 Å². The van der Waals surface area contributed by atoms with Crippen molar-refractivity contribution in [2.45, 2.75) is 51.5 Å². The lowest BCUT2D eigenvalue weighted by Crippen LogP contribution is -2.11. The Bertz CT molecular complexity index is 356. The van der Waals surface area contributed by atoms with Crippen molar-refractivity contribution in [1.29, 1.82) is 0 Å². The summed E-state index contributed by atoms with van der Waals surface area (Å²) >= 11 is 0. The smallest absolute Gasteiger partial charge is 0.119 e. The second kappa shape index (κ2) is 6.79. The fourth-order valence-electron chi connectivity index (χ4n) is 2.71. The zero-order chi connectivity index (χ0) is 12.8. The molecule has 0 radical (unpaired) electrons. The van der Waals surface area contributed by atoms with E-state index in [9.17, 15) is 0 Å². The summed E-state index contributed by atoms with van der Waals surface area (Å²) in [6.45, 7) is 2.84. The van der Waals surface area contributed by atoms with Crippen molar-refractivity contribution in [1.82, 2.24) is 0 Å². The molecule has 1 saturated carbocycles. The zero-order valence-electron chi connectivity index (χ0n) is 11.4. The maximum Gasteiger partial charge on any atom is 0.119 e. The van der Waals surface area contributed by atoms with Crippen LogP contribution in [0.2, 0.25) is 0 Å². The molecule has 0 saturated heterocycles. The van der Waals surface area contributed by atoms with Gasteiger partial charge < -0.3 is 10.5 Å². The predicted octanol–water partition coefficient (Wildman–Crippen LogP) is 4.06. The first kappa shape index (κ1) is 13.4. The van der Waals surface area contributed by atoms with Gasteiger partial charge in [-0.15, -0.1) is 0 Å². The molecule has 0 aliphatic heterocycles. The Morgan fingerprint density at radius 1 is 1.28 bits per heavy atom. The molecule has 100 valence electrons. The summed E-state index contributed by atoms with van der Waals surface area (Å²) in [7, 11) is 0. The van der Waals surface area contributed by atoms with E-state index in [0.29, 0.717) is 0 Å². The van der Waals surface area contributed by atoms with Gasteiger partial charge in [-0.3, -0.25) is 0 Å². The number of nitrogens with two attached hydrogens (primary N) is 1. The normalized spacial score (nSPS) is 18.6. The fourth-order valence-corrected chi connectivity index (χ4v) is 2.71. The Labute approximate surface area is 111 Å². The van der Waals surface area contributed by atoms with Gasteiger partial charge in [0.15, 0.2) is 0 Å². The summed E-state index contributed by atoms with van der Waals surface area (Å²) in [6, 6.07) is 8.23. The first-order chi connectivity index (χ1) is 8.75. The molecule has 0 spiro atoms. The second-order valence-electron chi connectivity index (χ2n) is 5.50.